The first kappa shape index (κ1) is 17.6. The topological polar surface area (TPSA) is 65.1 Å². The van der Waals surface area contributed by atoms with Crippen LogP contribution in [0.15, 0.2) is 0 Å². The number of hydrogen-bond donors (Lipinski definition) is 1. The van der Waals surface area contributed by atoms with Gasteiger partial charge in [-0.05, 0) is 12.8 Å². The minimum absolute atomic E-state index is 0.133. The van der Waals surface area contributed by atoms with Crippen LogP contribution in [0.4, 0.5) is 0 Å². The molecule has 0 aromatic heterocycles. The lowest BCUT2D eigenvalue weighted by molar-refractivity contribution is -0.139. The van der Waals surface area contributed by atoms with Crippen molar-refractivity contribution in [3.63, 3.8) is 0 Å². The fourth-order valence-electron chi connectivity index (χ4n) is 3.68. The molecule has 7 heteroatoms. The smallest absolute Gasteiger partial charge is 0.242 e. The summed E-state index contributed by atoms with van der Waals surface area (Å²) in [4.78, 5) is 31.0. The molecule has 7 nitrogen and oxygen atoms in total. The van der Waals surface area contributed by atoms with Gasteiger partial charge in [0.1, 0.15) is 6.04 Å². The Morgan fingerprint density at radius 3 is 2.25 bits per heavy atom. The third-order valence-electron chi connectivity index (χ3n) is 5.22. The van der Waals surface area contributed by atoms with Gasteiger partial charge in [-0.2, -0.15) is 0 Å². The van der Waals surface area contributed by atoms with Crippen LogP contribution in [0.5, 0.6) is 0 Å². The maximum atomic E-state index is 12.5. The van der Waals surface area contributed by atoms with Crippen molar-refractivity contribution in [2.45, 2.75) is 31.7 Å². The van der Waals surface area contributed by atoms with Gasteiger partial charge in [-0.1, -0.05) is 12.8 Å². The lowest BCUT2D eigenvalue weighted by atomic mass is 10.2. The number of nitrogens with one attached hydrogen (secondary N) is 1. The summed E-state index contributed by atoms with van der Waals surface area (Å²) in [6.07, 6.45) is 4.74. The molecule has 2 amide bonds. The van der Waals surface area contributed by atoms with Crippen LogP contribution in [0.3, 0.4) is 0 Å². The Morgan fingerprint density at radius 2 is 1.62 bits per heavy atom. The number of hydrogen-bond acceptors (Lipinski definition) is 5. The van der Waals surface area contributed by atoms with E-state index in [1.165, 1.54) is 12.8 Å². The number of amides is 2. The van der Waals surface area contributed by atoms with Gasteiger partial charge in [0, 0.05) is 45.8 Å². The molecule has 0 bridgehead atoms. The van der Waals surface area contributed by atoms with Crippen molar-refractivity contribution in [1.29, 1.82) is 0 Å². The highest BCUT2D eigenvalue weighted by molar-refractivity contribution is 5.82. The highest BCUT2D eigenvalue weighted by atomic mass is 16.5. The Labute approximate surface area is 144 Å². The average molecular weight is 338 g/mol. The highest BCUT2D eigenvalue weighted by Crippen LogP contribution is 2.11. The van der Waals surface area contributed by atoms with Crippen molar-refractivity contribution in [3.8, 4) is 0 Å². The Morgan fingerprint density at radius 1 is 0.917 bits per heavy atom. The van der Waals surface area contributed by atoms with E-state index in [1.54, 1.807) is 0 Å². The molecule has 3 aliphatic heterocycles. The molecule has 3 aliphatic rings. The van der Waals surface area contributed by atoms with Gasteiger partial charge in [0.2, 0.25) is 11.8 Å². The van der Waals surface area contributed by atoms with Crippen LogP contribution in [0, 0.1) is 0 Å². The summed E-state index contributed by atoms with van der Waals surface area (Å²) in [7, 11) is 0. The molecule has 24 heavy (non-hydrogen) atoms. The summed E-state index contributed by atoms with van der Waals surface area (Å²) in [5.41, 5.74) is 0. The second-order valence-corrected chi connectivity index (χ2v) is 6.98. The van der Waals surface area contributed by atoms with E-state index in [9.17, 15) is 9.59 Å². The molecule has 0 spiro atoms. The summed E-state index contributed by atoms with van der Waals surface area (Å²) in [6.45, 7) is 7.14. The van der Waals surface area contributed by atoms with Crippen molar-refractivity contribution in [1.82, 2.24) is 20.0 Å². The fourth-order valence-corrected chi connectivity index (χ4v) is 3.68. The van der Waals surface area contributed by atoms with E-state index in [1.807, 2.05) is 9.80 Å². The summed E-state index contributed by atoms with van der Waals surface area (Å²) in [6, 6.07) is -0.205. The molecule has 3 heterocycles. The molecular formula is C17H30N4O3. The molecule has 3 saturated heterocycles. The van der Waals surface area contributed by atoms with E-state index in [-0.39, 0.29) is 17.9 Å². The average Bonchev–Trinajstić information content (AvgIpc) is 2.92. The zero-order valence-electron chi connectivity index (χ0n) is 14.5. The lowest BCUT2D eigenvalue weighted by Crippen LogP contribution is -2.57. The number of nitrogens with zero attached hydrogens (tertiary/aromatic N) is 3. The van der Waals surface area contributed by atoms with E-state index in [0.717, 1.165) is 45.6 Å². The summed E-state index contributed by atoms with van der Waals surface area (Å²) >= 11 is 0. The molecule has 0 saturated carbocycles. The summed E-state index contributed by atoms with van der Waals surface area (Å²) < 4.78 is 5.37. The summed E-state index contributed by atoms with van der Waals surface area (Å²) in [5.74, 6) is 0.382. The fraction of sp³-hybridized carbons (Fsp3) is 0.882. The molecule has 1 atom stereocenters. The minimum atomic E-state index is -0.205. The van der Waals surface area contributed by atoms with Crippen molar-refractivity contribution in [2.75, 3.05) is 65.6 Å². The van der Waals surface area contributed by atoms with Crippen LogP contribution in [-0.2, 0) is 14.3 Å². The normalized spacial score (nSPS) is 26.9. The van der Waals surface area contributed by atoms with Gasteiger partial charge in [-0.25, -0.2) is 0 Å². The van der Waals surface area contributed by atoms with E-state index in [4.69, 9.17) is 4.74 Å². The number of carbonyl (C=O) groups is 2. The van der Waals surface area contributed by atoms with E-state index in [0.29, 0.717) is 32.8 Å². The van der Waals surface area contributed by atoms with Crippen LogP contribution < -0.4 is 5.32 Å². The van der Waals surface area contributed by atoms with Crippen molar-refractivity contribution >= 4 is 11.8 Å². The number of ether oxygens (including phenoxy) is 1. The van der Waals surface area contributed by atoms with Crippen LogP contribution >= 0.6 is 0 Å². The molecule has 0 radical (unpaired) electrons. The molecule has 0 aromatic carbocycles. The minimum Gasteiger partial charge on any atom is -0.378 e. The van der Waals surface area contributed by atoms with Crippen molar-refractivity contribution in [3.05, 3.63) is 0 Å². The maximum Gasteiger partial charge on any atom is 0.242 e. The van der Waals surface area contributed by atoms with Crippen LogP contribution in [0.25, 0.3) is 0 Å². The zero-order chi connectivity index (χ0) is 16.8. The van der Waals surface area contributed by atoms with Gasteiger partial charge >= 0.3 is 0 Å². The number of rotatable bonds is 3. The first-order chi connectivity index (χ1) is 11.7. The lowest BCUT2D eigenvalue weighted by Gasteiger charge is -2.37. The predicted molar refractivity (Wildman–Crippen MR) is 90.7 cm³/mol. The van der Waals surface area contributed by atoms with Gasteiger partial charge in [0.15, 0.2) is 0 Å². The molecule has 0 aromatic rings. The van der Waals surface area contributed by atoms with Gasteiger partial charge in [-0.3, -0.25) is 14.5 Å². The van der Waals surface area contributed by atoms with Crippen molar-refractivity contribution in [2.24, 2.45) is 0 Å². The van der Waals surface area contributed by atoms with Crippen molar-refractivity contribution < 1.29 is 14.3 Å². The standard InChI is InChI=1S/C17H30N4O3/c22-16(20-6-3-1-2-4-7-20)13-19-8-10-21(11-9-19)17(23)15-14-24-12-5-18-15/h15,18H,1-14H2. The van der Waals surface area contributed by atoms with Crippen LogP contribution in [-0.4, -0.2) is 98.1 Å². The summed E-state index contributed by atoms with van der Waals surface area (Å²) in [5, 5.41) is 3.22. The van der Waals surface area contributed by atoms with Gasteiger partial charge in [0.25, 0.3) is 0 Å². The molecule has 1 N–H and O–H groups in total. The Bertz CT molecular complexity index is 424. The van der Waals surface area contributed by atoms with Crippen LogP contribution in [0.2, 0.25) is 0 Å². The number of likely N-dealkylation sites (tertiary alicyclic amines) is 1. The van der Waals surface area contributed by atoms with Gasteiger partial charge in [-0.15, -0.1) is 0 Å². The van der Waals surface area contributed by atoms with Crippen LogP contribution in [0.1, 0.15) is 25.7 Å². The van der Waals surface area contributed by atoms with Gasteiger partial charge < -0.3 is 19.9 Å². The number of carbonyl (C=O) groups excluding carboxylic acids is 2. The molecule has 0 aliphatic carbocycles. The van der Waals surface area contributed by atoms with Gasteiger partial charge in [0.05, 0.1) is 19.8 Å². The second kappa shape index (κ2) is 8.78. The number of piperazine rings is 1. The van der Waals surface area contributed by atoms with E-state index in [2.05, 4.69) is 10.2 Å². The van der Waals surface area contributed by atoms with E-state index >= 15 is 0 Å². The molecular weight excluding hydrogens is 308 g/mol. The molecule has 3 fully saturated rings. The molecule has 136 valence electrons. The maximum absolute atomic E-state index is 12.5. The largest absolute Gasteiger partial charge is 0.378 e. The highest BCUT2D eigenvalue weighted by Gasteiger charge is 2.29. The Hall–Kier alpha value is -1.18. The quantitative estimate of drug-likeness (QED) is 0.753. The first-order valence-electron chi connectivity index (χ1n) is 9.34. The Kier molecular flexibility index (Phi) is 6.45. The SMILES string of the molecule is O=C(CN1CCN(C(=O)C2COCCN2)CC1)N1CCCCCC1. The third-order valence-corrected chi connectivity index (χ3v) is 5.22. The second-order valence-electron chi connectivity index (χ2n) is 6.98. The number of morpholine rings is 1. The van der Waals surface area contributed by atoms with E-state index < -0.39 is 0 Å². The third kappa shape index (κ3) is 4.68. The monoisotopic (exact) mass is 338 g/mol. The zero-order valence-corrected chi connectivity index (χ0v) is 14.5. The first-order valence-corrected chi connectivity index (χ1v) is 9.34. The molecule has 3 rings (SSSR count). The molecule has 1 unspecified atom stereocenters. The predicted octanol–water partition coefficient (Wildman–Crippen LogP) is -0.478. The Balaban J connectivity index is 1.41.